The van der Waals surface area contributed by atoms with Gasteiger partial charge in [-0.05, 0) is 19.4 Å². The molecule has 1 aromatic rings. The Balaban J connectivity index is 2.50. The van der Waals surface area contributed by atoms with Gasteiger partial charge < -0.3 is 11.1 Å². The summed E-state index contributed by atoms with van der Waals surface area (Å²) in [5, 5.41) is 3.24. The highest BCUT2D eigenvalue weighted by Gasteiger charge is 2.09. The minimum absolute atomic E-state index is 0.321. The van der Waals surface area contributed by atoms with Crippen LogP contribution in [0.5, 0.6) is 0 Å². The molecule has 13 heavy (non-hydrogen) atoms. The van der Waals surface area contributed by atoms with Gasteiger partial charge in [-0.3, -0.25) is 4.98 Å². The first-order valence-electron chi connectivity index (χ1n) is 4.46. The van der Waals surface area contributed by atoms with Crippen LogP contribution in [0.2, 0.25) is 0 Å². The standard InChI is InChI=1S/C9H16N4/c1-7(5-10)8(2)13-9-6-11-3-4-12-9/h3-4,6-8H,5,10H2,1-2H3,(H,12,13). The number of hydrogen-bond donors (Lipinski definition) is 2. The van der Waals surface area contributed by atoms with E-state index in [1.807, 2.05) is 0 Å². The SMILES string of the molecule is CC(CN)C(C)Nc1cnccn1. The molecule has 1 heterocycles. The highest BCUT2D eigenvalue weighted by atomic mass is 15.0. The number of anilines is 1. The van der Waals surface area contributed by atoms with E-state index < -0.39 is 0 Å². The minimum Gasteiger partial charge on any atom is -0.366 e. The molecule has 72 valence electrons. The van der Waals surface area contributed by atoms with Crippen molar-refractivity contribution in [3.8, 4) is 0 Å². The normalized spacial score (nSPS) is 15.0. The second-order valence-electron chi connectivity index (χ2n) is 3.24. The fourth-order valence-electron chi connectivity index (χ4n) is 0.953. The van der Waals surface area contributed by atoms with Crippen molar-refractivity contribution in [3.05, 3.63) is 18.6 Å². The first-order chi connectivity index (χ1) is 6.24. The van der Waals surface area contributed by atoms with Gasteiger partial charge in [-0.25, -0.2) is 4.98 Å². The highest BCUT2D eigenvalue weighted by molar-refractivity contribution is 5.31. The number of hydrogen-bond acceptors (Lipinski definition) is 4. The van der Waals surface area contributed by atoms with Crippen molar-refractivity contribution < 1.29 is 0 Å². The number of aromatic nitrogens is 2. The van der Waals surface area contributed by atoms with Crippen LogP contribution in [-0.4, -0.2) is 22.6 Å². The summed E-state index contributed by atoms with van der Waals surface area (Å²) in [6, 6.07) is 0.321. The van der Waals surface area contributed by atoms with Crippen LogP contribution in [0.4, 0.5) is 5.82 Å². The first-order valence-corrected chi connectivity index (χ1v) is 4.46. The zero-order chi connectivity index (χ0) is 9.68. The van der Waals surface area contributed by atoms with Crippen LogP contribution in [0.15, 0.2) is 18.6 Å². The molecule has 0 saturated heterocycles. The third-order valence-electron chi connectivity index (χ3n) is 2.16. The Labute approximate surface area is 78.6 Å². The molecule has 0 aliphatic carbocycles. The lowest BCUT2D eigenvalue weighted by molar-refractivity contribution is 0.520. The minimum atomic E-state index is 0.321. The zero-order valence-electron chi connectivity index (χ0n) is 8.07. The van der Waals surface area contributed by atoms with E-state index >= 15 is 0 Å². The van der Waals surface area contributed by atoms with Gasteiger partial charge in [0.25, 0.3) is 0 Å². The van der Waals surface area contributed by atoms with Crippen molar-refractivity contribution in [2.75, 3.05) is 11.9 Å². The van der Waals surface area contributed by atoms with Gasteiger partial charge in [-0.1, -0.05) is 6.92 Å². The number of rotatable bonds is 4. The quantitative estimate of drug-likeness (QED) is 0.721. The van der Waals surface area contributed by atoms with Gasteiger partial charge in [0, 0.05) is 18.4 Å². The van der Waals surface area contributed by atoms with Gasteiger partial charge in [-0.15, -0.1) is 0 Å². The molecule has 1 aromatic heterocycles. The van der Waals surface area contributed by atoms with Crippen LogP contribution >= 0.6 is 0 Å². The van der Waals surface area contributed by atoms with Crippen molar-refractivity contribution in [1.82, 2.24) is 9.97 Å². The highest BCUT2D eigenvalue weighted by Crippen LogP contribution is 2.07. The maximum absolute atomic E-state index is 5.55. The van der Waals surface area contributed by atoms with E-state index in [4.69, 9.17) is 5.73 Å². The maximum atomic E-state index is 5.55. The molecule has 2 atom stereocenters. The molecular formula is C9H16N4. The monoisotopic (exact) mass is 180 g/mol. The fourth-order valence-corrected chi connectivity index (χ4v) is 0.953. The van der Waals surface area contributed by atoms with E-state index in [0.717, 1.165) is 5.82 Å². The molecule has 4 heteroatoms. The molecule has 4 nitrogen and oxygen atoms in total. The number of nitrogens with two attached hydrogens (primary N) is 1. The summed E-state index contributed by atoms with van der Waals surface area (Å²) >= 11 is 0. The van der Waals surface area contributed by atoms with E-state index in [-0.39, 0.29) is 0 Å². The van der Waals surface area contributed by atoms with Gasteiger partial charge in [-0.2, -0.15) is 0 Å². The van der Waals surface area contributed by atoms with Gasteiger partial charge in [0.2, 0.25) is 0 Å². The Hall–Kier alpha value is -1.16. The lowest BCUT2D eigenvalue weighted by atomic mass is 10.0. The maximum Gasteiger partial charge on any atom is 0.144 e. The van der Waals surface area contributed by atoms with Gasteiger partial charge in [0.1, 0.15) is 5.82 Å². The molecule has 0 amide bonds. The van der Waals surface area contributed by atoms with E-state index in [9.17, 15) is 0 Å². The summed E-state index contributed by atoms with van der Waals surface area (Å²) in [5.74, 6) is 1.23. The number of nitrogens with zero attached hydrogens (tertiary/aromatic N) is 2. The fraction of sp³-hybridized carbons (Fsp3) is 0.556. The second kappa shape index (κ2) is 4.77. The summed E-state index contributed by atoms with van der Waals surface area (Å²) < 4.78 is 0. The van der Waals surface area contributed by atoms with Gasteiger partial charge in [0.15, 0.2) is 0 Å². The molecular weight excluding hydrogens is 164 g/mol. The van der Waals surface area contributed by atoms with Crippen LogP contribution in [0, 0.1) is 5.92 Å². The summed E-state index contributed by atoms with van der Waals surface area (Å²) in [5.41, 5.74) is 5.55. The van der Waals surface area contributed by atoms with E-state index in [0.29, 0.717) is 18.5 Å². The van der Waals surface area contributed by atoms with Crippen molar-refractivity contribution >= 4 is 5.82 Å². The molecule has 0 bridgehead atoms. The average Bonchev–Trinajstić information content (AvgIpc) is 2.18. The van der Waals surface area contributed by atoms with Gasteiger partial charge in [0.05, 0.1) is 6.20 Å². The molecule has 0 saturated carbocycles. The summed E-state index contributed by atoms with van der Waals surface area (Å²) in [6.07, 6.45) is 5.03. The Bertz CT molecular complexity index is 237. The molecule has 0 fully saturated rings. The van der Waals surface area contributed by atoms with Crippen LogP contribution in [0.1, 0.15) is 13.8 Å². The molecule has 0 spiro atoms. The van der Waals surface area contributed by atoms with Crippen LogP contribution < -0.4 is 11.1 Å². The lowest BCUT2D eigenvalue weighted by Gasteiger charge is -2.19. The zero-order valence-corrected chi connectivity index (χ0v) is 8.07. The van der Waals surface area contributed by atoms with Crippen molar-refractivity contribution in [3.63, 3.8) is 0 Å². The predicted molar refractivity (Wildman–Crippen MR) is 53.3 cm³/mol. The van der Waals surface area contributed by atoms with Crippen LogP contribution in [0.25, 0.3) is 0 Å². The van der Waals surface area contributed by atoms with Crippen LogP contribution in [0.3, 0.4) is 0 Å². The Kier molecular flexibility index (Phi) is 3.64. The molecule has 0 aliphatic heterocycles. The van der Waals surface area contributed by atoms with Crippen molar-refractivity contribution in [1.29, 1.82) is 0 Å². The Morgan fingerprint density at radius 2 is 2.23 bits per heavy atom. The third kappa shape index (κ3) is 2.99. The third-order valence-corrected chi connectivity index (χ3v) is 2.16. The topological polar surface area (TPSA) is 63.8 Å². The van der Waals surface area contributed by atoms with E-state index in [2.05, 4.69) is 29.1 Å². The largest absolute Gasteiger partial charge is 0.366 e. The molecule has 0 radical (unpaired) electrons. The molecule has 1 rings (SSSR count). The smallest absolute Gasteiger partial charge is 0.144 e. The molecule has 2 unspecified atom stereocenters. The Morgan fingerprint density at radius 1 is 1.46 bits per heavy atom. The van der Waals surface area contributed by atoms with E-state index in [1.54, 1.807) is 18.6 Å². The van der Waals surface area contributed by atoms with Crippen molar-refractivity contribution in [2.24, 2.45) is 11.7 Å². The second-order valence-corrected chi connectivity index (χ2v) is 3.24. The molecule has 0 aliphatic rings. The van der Waals surface area contributed by atoms with E-state index in [1.165, 1.54) is 0 Å². The summed E-state index contributed by atoms with van der Waals surface area (Å²) in [7, 11) is 0. The summed E-state index contributed by atoms with van der Waals surface area (Å²) in [4.78, 5) is 8.09. The Morgan fingerprint density at radius 3 is 2.77 bits per heavy atom. The first kappa shape index (κ1) is 9.92. The summed E-state index contributed by atoms with van der Waals surface area (Å²) in [6.45, 7) is 4.87. The van der Waals surface area contributed by atoms with Crippen molar-refractivity contribution in [2.45, 2.75) is 19.9 Å². The van der Waals surface area contributed by atoms with Gasteiger partial charge >= 0.3 is 0 Å². The number of nitrogens with one attached hydrogen (secondary N) is 1. The lowest BCUT2D eigenvalue weighted by Crippen LogP contribution is -2.29. The molecule has 3 N–H and O–H groups in total. The predicted octanol–water partition coefficient (Wildman–Crippen LogP) is 0.872. The molecule has 0 aromatic carbocycles. The average molecular weight is 180 g/mol. The van der Waals surface area contributed by atoms with Crippen LogP contribution in [-0.2, 0) is 0 Å².